The van der Waals surface area contributed by atoms with Crippen molar-refractivity contribution in [2.75, 3.05) is 0 Å². The maximum absolute atomic E-state index is 12.1. The fourth-order valence-electron chi connectivity index (χ4n) is 2.48. The van der Waals surface area contributed by atoms with Crippen molar-refractivity contribution in [2.24, 2.45) is 5.73 Å². The molecule has 2 amide bonds. The highest BCUT2D eigenvalue weighted by Crippen LogP contribution is 2.17. The van der Waals surface area contributed by atoms with E-state index < -0.39 is 5.91 Å². The Morgan fingerprint density at radius 2 is 1.47 bits per heavy atom. The highest BCUT2D eigenvalue weighted by Gasteiger charge is 2.15. The van der Waals surface area contributed by atoms with E-state index in [1.165, 1.54) is 25.7 Å². The predicted octanol–water partition coefficient (Wildman–Crippen LogP) is 2.24. The van der Waals surface area contributed by atoms with Gasteiger partial charge in [0.15, 0.2) is 0 Å². The van der Waals surface area contributed by atoms with Gasteiger partial charge in [0.1, 0.15) is 0 Å². The zero-order valence-electron chi connectivity index (χ0n) is 11.0. The summed E-state index contributed by atoms with van der Waals surface area (Å²) >= 11 is 0. The molecule has 1 aliphatic rings. The lowest BCUT2D eigenvalue weighted by molar-refractivity contribution is 0.0931. The lowest BCUT2D eigenvalue weighted by atomic mass is 10.1. The van der Waals surface area contributed by atoms with E-state index >= 15 is 0 Å². The Labute approximate surface area is 113 Å². The standard InChI is InChI=1S/C15H20N2O2/c16-14(18)11-7-9-12(10-8-11)15(19)17-13-5-3-1-2-4-6-13/h7-10,13H,1-6H2,(H2,16,18)(H,17,19). The quantitative estimate of drug-likeness (QED) is 0.818. The first-order valence-electron chi connectivity index (χ1n) is 6.87. The Kier molecular flexibility index (Phi) is 4.55. The average Bonchev–Trinajstić information content (AvgIpc) is 2.67. The molecule has 4 nitrogen and oxygen atoms in total. The number of nitrogens with one attached hydrogen (secondary N) is 1. The van der Waals surface area contributed by atoms with Crippen LogP contribution in [-0.4, -0.2) is 17.9 Å². The second kappa shape index (κ2) is 6.36. The summed E-state index contributed by atoms with van der Waals surface area (Å²) < 4.78 is 0. The molecule has 0 spiro atoms. The number of primary amides is 1. The fraction of sp³-hybridized carbons (Fsp3) is 0.467. The third kappa shape index (κ3) is 3.81. The van der Waals surface area contributed by atoms with Gasteiger partial charge in [0.2, 0.25) is 5.91 Å². The van der Waals surface area contributed by atoms with Crippen LogP contribution in [-0.2, 0) is 0 Å². The third-order valence-corrected chi connectivity index (χ3v) is 3.62. The summed E-state index contributed by atoms with van der Waals surface area (Å²) in [7, 11) is 0. The maximum atomic E-state index is 12.1. The molecule has 4 heteroatoms. The molecule has 0 bridgehead atoms. The Balaban J connectivity index is 1.96. The zero-order chi connectivity index (χ0) is 13.7. The maximum Gasteiger partial charge on any atom is 0.251 e. The summed E-state index contributed by atoms with van der Waals surface area (Å²) in [6.45, 7) is 0. The van der Waals surface area contributed by atoms with Gasteiger partial charge in [-0.15, -0.1) is 0 Å². The molecule has 0 aliphatic heterocycles. The van der Waals surface area contributed by atoms with Crippen LogP contribution in [0.2, 0.25) is 0 Å². The van der Waals surface area contributed by atoms with Gasteiger partial charge < -0.3 is 11.1 Å². The minimum Gasteiger partial charge on any atom is -0.366 e. The van der Waals surface area contributed by atoms with Crippen molar-refractivity contribution in [3.05, 3.63) is 35.4 Å². The first kappa shape index (κ1) is 13.6. The molecular weight excluding hydrogens is 240 g/mol. The smallest absolute Gasteiger partial charge is 0.251 e. The van der Waals surface area contributed by atoms with E-state index in [1.54, 1.807) is 24.3 Å². The Bertz CT molecular complexity index is 446. The van der Waals surface area contributed by atoms with E-state index in [9.17, 15) is 9.59 Å². The van der Waals surface area contributed by atoms with Crippen molar-refractivity contribution in [3.63, 3.8) is 0 Å². The number of amides is 2. The molecule has 19 heavy (non-hydrogen) atoms. The van der Waals surface area contributed by atoms with E-state index in [0.717, 1.165) is 12.8 Å². The van der Waals surface area contributed by atoms with E-state index in [1.807, 2.05) is 0 Å². The summed E-state index contributed by atoms with van der Waals surface area (Å²) in [5.74, 6) is -0.543. The second-order valence-corrected chi connectivity index (χ2v) is 5.10. The van der Waals surface area contributed by atoms with Crippen molar-refractivity contribution in [3.8, 4) is 0 Å². The Morgan fingerprint density at radius 3 is 2.00 bits per heavy atom. The van der Waals surface area contributed by atoms with Crippen molar-refractivity contribution >= 4 is 11.8 Å². The van der Waals surface area contributed by atoms with Gasteiger partial charge in [-0.05, 0) is 37.1 Å². The molecule has 0 atom stereocenters. The van der Waals surface area contributed by atoms with Crippen LogP contribution in [0, 0.1) is 0 Å². The molecule has 3 N–H and O–H groups in total. The fourth-order valence-corrected chi connectivity index (χ4v) is 2.48. The Hall–Kier alpha value is -1.84. The van der Waals surface area contributed by atoms with Crippen LogP contribution in [0.1, 0.15) is 59.2 Å². The van der Waals surface area contributed by atoms with Gasteiger partial charge in [0.05, 0.1) is 0 Å². The SMILES string of the molecule is NC(=O)c1ccc(C(=O)NC2CCCCCC2)cc1. The minimum absolute atomic E-state index is 0.0667. The van der Waals surface area contributed by atoms with Crippen molar-refractivity contribution < 1.29 is 9.59 Å². The van der Waals surface area contributed by atoms with Gasteiger partial charge in [-0.25, -0.2) is 0 Å². The molecule has 0 unspecified atom stereocenters. The molecule has 1 aliphatic carbocycles. The number of nitrogens with two attached hydrogens (primary N) is 1. The van der Waals surface area contributed by atoms with Crippen LogP contribution in [0.25, 0.3) is 0 Å². The molecule has 1 aromatic rings. The van der Waals surface area contributed by atoms with E-state index in [4.69, 9.17) is 5.73 Å². The number of carbonyl (C=O) groups is 2. The number of benzene rings is 1. The number of carbonyl (C=O) groups excluding carboxylic acids is 2. The van der Waals surface area contributed by atoms with Gasteiger partial charge in [-0.2, -0.15) is 0 Å². The summed E-state index contributed by atoms with van der Waals surface area (Å²) in [6.07, 6.45) is 7.02. The molecule has 0 aromatic heterocycles. The van der Waals surface area contributed by atoms with Gasteiger partial charge in [0.25, 0.3) is 5.91 Å². The summed E-state index contributed by atoms with van der Waals surface area (Å²) in [6, 6.07) is 6.75. The lowest BCUT2D eigenvalue weighted by Crippen LogP contribution is -2.34. The molecular formula is C15H20N2O2. The average molecular weight is 260 g/mol. The van der Waals surface area contributed by atoms with E-state index in [-0.39, 0.29) is 11.9 Å². The molecule has 0 radical (unpaired) electrons. The third-order valence-electron chi connectivity index (χ3n) is 3.62. The zero-order valence-corrected chi connectivity index (χ0v) is 11.0. The second-order valence-electron chi connectivity index (χ2n) is 5.10. The summed E-state index contributed by atoms with van der Waals surface area (Å²) in [5.41, 5.74) is 6.17. The number of hydrogen-bond donors (Lipinski definition) is 2. The van der Waals surface area contributed by atoms with Gasteiger partial charge in [0, 0.05) is 17.2 Å². The topological polar surface area (TPSA) is 72.2 Å². The van der Waals surface area contributed by atoms with E-state index in [0.29, 0.717) is 11.1 Å². The van der Waals surface area contributed by atoms with Gasteiger partial charge in [-0.1, -0.05) is 25.7 Å². The molecule has 0 saturated heterocycles. The van der Waals surface area contributed by atoms with Gasteiger partial charge in [-0.3, -0.25) is 9.59 Å². The number of hydrogen-bond acceptors (Lipinski definition) is 2. The summed E-state index contributed by atoms with van der Waals surface area (Å²) in [4.78, 5) is 23.0. The van der Waals surface area contributed by atoms with Crippen LogP contribution in [0.4, 0.5) is 0 Å². The monoisotopic (exact) mass is 260 g/mol. The van der Waals surface area contributed by atoms with Gasteiger partial charge >= 0.3 is 0 Å². The normalized spacial score (nSPS) is 16.6. The molecule has 1 fully saturated rings. The first-order valence-corrected chi connectivity index (χ1v) is 6.87. The Morgan fingerprint density at radius 1 is 0.947 bits per heavy atom. The van der Waals surface area contributed by atoms with Crippen molar-refractivity contribution in [2.45, 2.75) is 44.6 Å². The minimum atomic E-state index is -0.476. The highest BCUT2D eigenvalue weighted by molar-refractivity contribution is 5.97. The first-order chi connectivity index (χ1) is 9.16. The highest BCUT2D eigenvalue weighted by atomic mass is 16.2. The number of rotatable bonds is 3. The van der Waals surface area contributed by atoms with E-state index in [2.05, 4.69) is 5.32 Å². The van der Waals surface area contributed by atoms with Crippen molar-refractivity contribution in [1.29, 1.82) is 0 Å². The molecule has 2 rings (SSSR count). The lowest BCUT2D eigenvalue weighted by Gasteiger charge is -2.16. The van der Waals surface area contributed by atoms with Crippen LogP contribution in [0.3, 0.4) is 0 Å². The van der Waals surface area contributed by atoms with Crippen LogP contribution in [0.15, 0.2) is 24.3 Å². The molecule has 0 heterocycles. The predicted molar refractivity (Wildman–Crippen MR) is 73.9 cm³/mol. The van der Waals surface area contributed by atoms with Crippen LogP contribution >= 0.6 is 0 Å². The largest absolute Gasteiger partial charge is 0.366 e. The summed E-state index contributed by atoms with van der Waals surface area (Å²) in [5, 5.41) is 3.07. The molecule has 1 aromatic carbocycles. The molecule has 1 saturated carbocycles. The molecule has 102 valence electrons. The van der Waals surface area contributed by atoms with Crippen LogP contribution < -0.4 is 11.1 Å². The van der Waals surface area contributed by atoms with Crippen LogP contribution in [0.5, 0.6) is 0 Å². The van der Waals surface area contributed by atoms with Crippen molar-refractivity contribution in [1.82, 2.24) is 5.32 Å².